The maximum atomic E-state index is 13.9. The molecule has 0 spiro atoms. The molecule has 0 aliphatic carbocycles. The molecule has 0 fully saturated rings. The molecule has 1 aromatic rings. The maximum Gasteiger partial charge on any atom is 0.339 e. The lowest BCUT2D eigenvalue weighted by Crippen LogP contribution is -2.18. The van der Waals surface area contributed by atoms with Gasteiger partial charge in [0.25, 0.3) is 0 Å². The van der Waals surface area contributed by atoms with Crippen LogP contribution in [0.5, 0.6) is 17.2 Å². The number of benzene rings is 1. The Labute approximate surface area is 109 Å². The zero-order valence-corrected chi connectivity index (χ0v) is 10.8. The average Bonchev–Trinajstić information content (AvgIpc) is 2.40. The minimum atomic E-state index is -1.92. The van der Waals surface area contributed by atoms with Crippen LogP contribution in [0, 0.1) is 5.82 Å². The first-order chi connectivity index (χ1) is 8.97. The Morgan fingerprint density at radius 3 is 2.53 bits per heavy atom. The van der Waals surface area contributed by atoms with Gasteiger partial charge in [-0.15, -0.1) is 0 Å². The first-order valence-corrected chi connectivity index (χ1v) is 5.45. The van der Waals surface area contributed by atoms with E-state index >= 15 is 0 Å². The summed E-state index contributed by atoms with van der Waals surface area (Å²) in [5.41, 5.74) is -0.530. The maximum absolute atomic E-state index is 13.9. The van der Waals surface area contributed by atoms with Crippen LogP contribution in [-0.4, -0.2) is 37.0 Å². The first-order valence-electron chi connectivity index (χ1n) is 5.45. The van der Waals surface area contributed by atoms with Crippen molar-refractivity contribution in [2.45, 2.75) is 13.0 Å². The van der Waals surface area contributed by atoms with Crippen LogP contribution >= 0.6 is 0 Å². The zero-order valence-electron chi connectivity index (χ0n) is 10.8. The Hall–Kier alpha value is -2.02. The average molecular weight is 274 g/mol. The third-order valence-electron chi connectivity index (χ3n) is 2.40. The van der Waals surface area contributed by atoms with Crippen molar-refractivity contribution in [3.05, 3.63) is 17.4 Å². The van der Waals surface area contributed by atoms with Gasteiger partial charge in [0, 0.05) is 6.07 Å². The van der Waals surface area contributed by atoms with Gasteiger partial charge in [-0.3, -0.25) is 0 Å². The number of carbonyl (C=O) groups is 1. The highest BCUT2D eigenvalue weighted by Crippen LogP contribution is 2.41. The third kappa shape index (κ3) is 2.87. The van der Waals surface area contributed by atoms with Gasteiger partial charge in [0.05, 0.1) is 26.4 Å². The lowest BCUT2D eigenvalue weighted by atomic mass is 10.1. The Balaban J connectivity index is 3.38. The molecule has 0 heterocycles. The molecule has 106 valence electrons. The number of aromatic hydroxyl groups is 1. The molecule has 1 aromatic carbocycles. The molecule has 19 heavy (non-hydrogen) atoms. The molecule has 1 rings (SSSR count). The van der Waals surface area contributed by atoms with Crippen molar-refractivity contribution in [3.63, 3.8) is 0 Å². The molecule has 2 N–H and O–H groups in total. The number of phenolic OH excluding ortho intramolecular Hbond substituents is 1. The van der Waals surface area contributed by atoms with Crippen LogP contribution in [0.2, 0.25) is 0 Å². The standard InChI is InChI=1S/C12H15FO6/c1-4-19-12(16)10(15)8-9(13)6(14)5-7(17-2)11(8)18-3/h5,10,14-15H,4H2,1-3H3. The van der Waals surface area contributed by atoms with Gasteiger partial charge in [-0.05, 0) is 6.92 Å². The van der Waals surface area contributed by atoms with Crippen LogP contribution in [0.4, 0.5) is 4.39 Å². The molecule has 0 amide bonds. The highest BCUT2D eigenvalue weighted by molar-refractivity contribution is 5.78. The van der Waals surface area contributed by atoms with E-state index in [1.807, 2.05) is 0 Å². The molecule has 0 saturated carbocycles. The lowest BCUT2D eigenvalue weighted by molar-refractivity contribution is -0.153. The molecular formula is C12H15FO6. The van der Waals surface area contributed by atoms with Gasteiger partial charge in [-0.1, -0.05) is 0 Å². The SMILES string of the molecule is CCOC(=O)C(O)c1c(F)c(O)cc(OC)c1OC. The lowest BCUT2D eigenvalue weighted by Gasteiger charge is -2.17. The summed E-state index contributed by atoms with van der Waals surface area (Å²) >= 11 is 0. The minimum Gasteiger partial charge on any atom is -0.505 e. The van der Waals surface area contributed by atoms with Crippen molar-refractivity contribution in [2.75, 3.05) is 20.8 Å². The minimum absolute atomic E-state index is 0.0141. The number of rotatable bonds is 5. The number of hydrogen-bond donors (Lipinski definition) is 2. The van der Waals surface area contributed by atoms with Crippen molar-refractivity contribution in [2.24, 2.45) is 0 Å². The van der Waals surface area contributed by atoms with E-state index in [1.54, 1.807) is 6.92 Å². The molecule has 0 aliphatic heterocycles. The van der Waals surface area contributed by atoms with Crippen LogP contribution in [0.1, 0.15) is 18.6 Å². The Bertz CT molecular complexity index is 474. The molecular weight excluding hydrogens is 259 g/mol. The number of ether oxygens (including phenoxy) is 3. The molecule has 0 radical (unpaired) electrons. The largest absolute Gasteiger partial charge is 0.505 e. The van der Waals surface area contributed by atoms with E-state index in [4.69, 9.17) is 9.47 Å². The second-order valence-corrected chi connectivity index (χ2v) is 3.51. The zero-order chi connectivity index (χ0) is 14.6. The van der Waals surface area contributed by atoms with Crippen molar-refractivity contribution < 1.29 is 33.6 Å². The Morgan fingerprint density at radius 1 is 1.42 bits per heavy atom. The molecule has 6 nitrogen and oxygen atoms in total. The first kappa shape index (κ1) is 15.0. The van der Waals surface area contributed by atoms with Crippen LogP contribution < -0.4 is 9.47 Å². The van der Waals surface area contributed by atoms with Gasteiger partial charge < -0.3 is 24.4 Å². The number of aliphatic hydroxyl groups is 1. The molecule has 1 atom stereocenters. The number of methoxy groups -OCH3 is 2. The fraction of sp³-hybridized carbons (Fsp3) is 0.417. The van der Waals surface area contributed by atoms with Crippen LogP contribution in [0.3, 0.4) is 0 Å². The Kier molecular flexibility index (Phi) is 4.94. The van der Waals surface area contributed by atoms with E-state index in [0.717, 1.165) is 6.07 Å². The van der Waals surface area contributed by atoms with Gasteiger partial charge in [-0.2, -0.15) is 0 Å². The molecule has 0 bridgehead atoms. The molecule has 0 saturated heterocycles. The van der Waals surface area contributed by atoms with Gasteiger partial charge in [0.1, 0.15) is 0 Å². The van der Waals surface area contributed by atoms with Crippen LogP contribution in [0.25, 0.3) is 0 Å². The fourth-order valence-corrected chi connectivity index (χ4v) is 1.57. The smallest absolute Gasteiger partial charge is 0.339 e. The second kappa shape index (κ2) is 6.24. The summed E-state index contributed by atoms with van der Waals surface area (Å²) in [4.78, 5) is 11.5. The Morgan fingerprint density at radius 2 is 2.05 bits per heavy atom. The number of hydrogen-bond acceptors (Lipinski definition) is 6. The predicted molar refractivity (Wildman–Crippen MR) is 62.8 cm³/mol. The summed E-state index contributed by atoms with van der Waals surface area (Å²) in [5, 5.41) is 19.2. The van der Waals surface area contributed by atoms with Gasteiger partial charge >= 0.3 is 5.97 Å². The predicted octanol–water partition coefficient (Wildman–Crippen LogP) is 1.15. The summed E-state index contributed by atoms with van der Waals surface area (Å²) in [6.07, 6.45) is -1.92. The summed E-state index contributed by atoms with van der Waals surface area (Å²) in [6.45, 7) is 1.57. The van der Waals surface area contributed by atoms with E-state index < -0.39 is 29.2 Å². The highest BCUT2D eigenvalue weighted by atomic mass is 19.1. The van der Waals surface area contributed by atoms with E-state index in [1.165, 1.54) is 14.2 Å². The van der Waals surface area contributed by atoms with E-state index in [0.29, 0.717) is 0 Å². The quantitative estimate of drug-likeness (QED) is 0.783. The fourth-order valence-electron chi connectivity index (χ4n) is 1.57. The van der Waals surface area contributed by atoms with Crippen molar-refractivity contribution in [1.29, 1.82) is 0 Å². The normalized spacial score (nSPS) is 11.8. The number of esters is 1. The van der Waals surface area contributed by atoms with Gasteiger partial charge in [-0.25, -0.2) is 9.18 Å². The summed E-state index contributed by atoms with van der Waals surface area (Å²) in [6, 6.07) is 0.982. The topological polar surface area (TPSA) is 85.2 Å². The number of carbonyl (C=O) groups excluding carboxylic acids is 1. The molecule has 0 aromatic heterocycles. The monoisotopic (exact) mass is 274 g/mol. The number of aliphatic hydroxyl groups excluding tert-OH is 1. The van der Waals surface area contributed by atoms with E-state index in [-0.39, 0.29) is 18.1 Å². The molecule has 7 heteroatoms. The number of phenols is 1. The van der Waals surface area contributed by atoms with Gasteiger partial charge in [0.15, 0.2) is 29.2 Å². The summed E-state index contributed by atoms with van der Waals surface area (Å²) in [5.74, 6) is -3.18. The second-order valence-electron chi connectivity index (χ2n) is 3.51. The molecule has 1 unspecified atom stereocenters. The third-order valence-corrected chi connectivity index (χ3v) is 2.40. The number of halogens is 1. The highest BCUT2D eigenvalue weighted by Gasteiger charge is 2.30. The van der Waals surface area contributed by atoms with Crippen molar-refractivity contribution in [3.8, 4) is 17.2 Å². The van der Waals surface area contributed by atoms with E-state index in [9.17, 15) is 19.4 Å². The molecule has 0 aliphatic rings. The van der Waals surface area contributed by atoms with E-state index in [2.05, 4.69) is 4.74 Å². The van der Waals surface area contributed by atoms with Crippen molar-refractivity contribution in [1.82, 2.24) is 0 Å². The summed E-state index contributed by atoms with van der Waals surface area (Å²) < 4.78 is 28.3. The van der Waals surface area contributed by atoms with Gasteiger partial charge in [0.2, 0.25) is 0 Å². The summed E-state index contributed by atoms with van der Waals surface area (Å²) in [7, 11) is 2.49. The van der Waals surface area contributed by atoms with Crippen LogP contribution in [0.15, 0.2) is 6.07 Å². The van der Waals surface area contributed by atoms with Crippen molar-refractivity contribution >= 4 is 5.97 Å². The van der Waals surface area contributed by atoms with Crippen LogP contribution in [-0.2, 0) is 9.53 Å².